The van der Waals surface area contributed by atoms with Crippen LogP contribution in [0.5, 0.6) is 0 Å². The normalized spacial score (nSPS) is 10.1. The van der Waals surface area contributed by atoms with Gasteiger partial charge in [0.1, 0.15) is 5.76 Å². The number of carboxylic acids is 2. The molecule has 0 aliphatic carbocycles. The minimum Gasteiger partial charge on any atom is -0.481 e. The zero-order valence-electron chi connectivity index (χ0n) is 8.10. The first-order valence-corrected chi connectivity index (χ1v) is 4.63. The van der Waals surface area contributed by atoms with Crippen LogP contribution in [0.1, 0.15) is 35.6 Å². The largest absolute Gasteiger partial charge is 0.481 e. The number of hydrogen-bond acceptors (Lipinski definition) is 3. The number of furan rings is 1. The Kier molecular flexibility index (Phi) is 3.91. The summed E-state index contributed by atoms with van der Waals surface area (Å²) in [6.07, 6.45) is 1.95. The lowest BCUT2D eigenvalue weighted by Crippen LogP contribution is -1.94. The number of aliphatic carboxylic acids is 1. The van der Waals surface area contributed by atoms with E-state index in [0.29, 0.717) is 25.0 Å². The molecule has 0 amide bonds. The van der Waals surface area contributed by atoms with Gasteiger partial charge in [-0.1, -0.05) is 0 Å². The van der Waals surface area contributed by atoms with E-state index in [9.17, 15) is 9.59 Å². The van der Waals surface area contributed by atoms with E-state index in [-0.39, 0.29) is 12.2 Å². The van der Waals surface area contributed by atoms with Gasteiger partial charge in [-0.05, 0) is 25.0 Å². The smallest absolute Gasteiger partial charge is 0.371 e. The monoisotopic (exact) mass is 212 g/mol. The summed E-state index contributed by atoms with van der Waals surface area (Å²) in [4.78, 5) is 20.7. The number of carbonyl (C=O) groups is 2. The lowest BCUT2D eigenvalue weighted by Gasteiger charge is -1.95. The van der Waals surface area contributed by atoms with Crippen molar-refractivity contribution in [1.29, 1.82) is 0 Å². The van der Waals surface area contributed by atoms with Crippen LogP contribution < -0.4 is 0 Å². The van der Waals surface area contributed by atoms with Crippen molar-refractivity contribution in [2.45, 2.75) is 25.7 Å². The van der Waals surface area contributed by atoms with Crippen LogP contribution in [0.4, 0.5) is 0 Å². The third kappa shape index (κ3) is 3.84. The summed E-state index contributed by atoms with van der Waals surface area (Å²) in [6.45, 7) is 0. The van der Waals surface area contributed by atoms with Gasteiger partial charge < -0.3 is 14.6 Å². The molecule has 0 saturated carbocycles. The Morgan fingerprint density at radius 2 is 1.93 bits per heavy atom. The van der Waals surface area contributed by atoms with E-state index in [1.165, 1.54) is 6.07 Å². The molecule has 0 atom stereocenters. The number of carboxylic acid groups (broad SMARTS) is 2. The quantitative estimate of drug-likeness (QED) is 0.701. The highest BCUT2D eigenvalue weighted by Gasteiger charge is 2.08. The van der Waals surface area contributed by atoms with Crippen molar-refractivity contribution < 1.29 is 24.2 Å². The predicted octanol–water partition coefficient (Wildman–Crippen LogP) is 1.78. The average molecular weight is 212 g/mol. The van der Waals surface area contributed by atoms with Crippen LogP contribution in [0.25, 0.3) is 0 Å². The molecule has 0 unspecified atom stereocenters. The molecule has 5 nitrogen and oxygen atoms in total. The molecule has 2 N–H and O–H groups in total. The van der Waals surface area contributed by atoms with Gasteiger partial charge >= 0.3 is 11.9 Å². The Labute approximate surface area is 86.3 Å². The van der Waals surface area contributed by atoms with E-state index < -0.39 is 11.9 Å². The summed E-state index contributed by atoms with van der Waals surface area (Å²) < 4.78 is 5.01. The lowest BCUT2D eigenvalue weighted by atomic mass is 10.1. The summed E-state index contributed by atoms with van der Waals surface area (Å²) in [6, 6.07) is 3.00. The van der Waals surface area contributed by atoms with Gasteiger partial charge in [0.15, 0.2) is 0 Å². The Morgan fingerprint density at radius 3 is 2.47 bits per heavy atom. The first kappa shape index (κ1) is 11.3. The van der Waals surface area contributed by atoms with E-state index in [2.05, 4.69) is 0 Å². The summed E-state index contributed by atoms with van der Waals surface area (Å²) in [5, 5.41) is 17.0. The number of unbranched alkanes of at least 4 members (excludes halogenated alkanes) is 1. The molecule has 0 saturated heterocycles. The lowest BCUT2D eigenvalue weighted by molar-refractivity contribution is -0.137. The van der Waals surface area contributed by atoms with Gasteiger partial charge in [-0.25, -0.2) is 4.79 Å². The number of rotatable bonds is 6. The summed E-state index contributed by atoms with van der Waals surface area (Å²) >= 11 is 0. The van der Waals surface area contributed by atoms with Crippen molar-refractivity contribution in [1.82, 2.24) is 0 Å². The molecule has 0 spiro atoms. The fourth-order valence-corrected chi connectivity index (χ4v) is 1.20. The van der Waals surface area contributed by atoms with Crippen molar-refractivity contribution >= 4 is 11.9 Å². The van der Waals surface area contributed by atoms with E-state index in [0.717, 1.165) is 0 Å². The van der Waals surface area contributed by atoms with Crippen LogP contribution in [0, 0.1) is 0 Å². The van der Waals surface area contributed by atoms with Crippen LogP contribution in [0.2, 0.25) is 0 Å². The Balaban J connectivity index is 2.31. The second-order valence-corrected chi connectivity index (χ2v) is 3.17. The van der Waals surface area contributed by atoms with Crippen LogP contribution in [-0.4, -0.2) is 22.2 Å². The minimum absolute atomic E-state index is 0.0803. The summed E-state index contributed by atoms with van der Waals surface area (Å²) in [5.41, 5.74) is 0. The highest BCUT2D eigenvalue weighted by Crippen LogP contribution is 2.11. The Morgan fingerprint density at radius 1 is 1.20 bits per heavy atom. The maximum atomic E-state index is 10.5. The zero-order chi connectivity index (χ0) is 11.3. The van der Waals surface area contributed by atoms with E-state index in [1.807, 2.05) is 0 Å². The second kappa shape index (κ2) is 5.19. The first-order chi connectivity index (χ1) is 7.09. The topological polar surface area (TPSA) is 87.7 Å². The molecule has 0 aliphatic rings. The van der Waals surface area contributed by atoms with Crippen LogP contribution in [-0.2, 0) is 11.2 Å². The fourth-order valence-electron chi connectivity index (χ4n) is 1.20. The highest BCUT2D eigenvalue weighted by molar-refractivity contribution is 5.84. The van der Waals surface area contributed by atoms with Gasteiger partial charge in [0.2, 0.25) is 5.76 Å². The van der Waals surface area contributed by atoms with Crippen molar-refractivity contribution in [2.24, 2.45) is 0 Å². The maximum Gasteiger partial charge on any atom is 0.371 e. The Hall–Kier alpha value is -1.78. The SMILES string of the molecule is O=C(O)CCCCc1ccc(C(=O)O)o1. The first-order valence-electron chi connectivity index (χ1n) is 4.63. The summed E-state index contributed by atoms with van der Waals surface area (Å²) in [7, 11) is 0. The molecule has 1 heterocycles. The van der Waals surface area contributed by atoms with Crippen LogP contribution in [0.15, 0.2) is 16.5 Å². The maximum absolute atomic E-state index is 10.5. The van der Waals surface area contributed by atoms with Gasteiger partial charge in [0.25, 0.3) is 0 Å². The van der Waals surface area contributed by atoms with Gasteiger partial charge in [-0.2, -0.15) is 0 Å². The van der Waals surface area contributed by atoms with Crippen LogP contribution in [0.3, 0.4) is 0 Å². The fraction of sp³-hybridized carbons (Fsp3) is 0.400. The molecule has 0 bridgehead atoms. The van der Waals surface area contributed by atoms with Gasteiger partial charge in [0.05, 0.1) is 0 Å². The molecule has 5 heteroatoms. The second-order valence-electron chi connectivity index (χ2n) is 3.17. The third-order valence-electron chi connectivity index (χ3n) is 1.94. The standard InChI is InChI=1S/C10H12O5/c11-9(12)4-2-1-3-7-5-6-8(15-7)10(13)14/h5-6H,1-4H2,(H,11,12)(H,13,14). The molecule has 0 radical (unpaired) electrons. The van der Waals surface area contributed by atoms with Gasteiger partial charge in [-0.3, -0.25) is 4.79 Å². The van der Waals surface area contributed by atoms with E-state index in [1.54, 1.807) is 6.07 Å². The predicted molar refractivity (Wildman–Crippen MR) is 50.9 cm³/mol. The van der Waals surface area contributed by atoms with E-state index in [4.69, 9.17) is 14.6 Å². The minimum atomic E-state index is -1.09. The van der Waals surface area contributed by atoms with Crippen molar-refractivity contribution in [3.63, 3.8) is 0 Å². The van der Waals surface area contributed by atoms with Gasteiger partial charge in [0, 0.05) is 12.8 Å². The number of aryl methyl sites for hydroxylation is 1. The van der Waals surface area contributed by atoms with Crippen molar-refractivity contribution in [3.05, 3.63) is 23.7 Å². The van der Waals surface area contributed by atoms with Crippen LogP contribution >= 0.6 is 0 Å². The third-order valence-corrected chi connectivity index (χ3v) is 1.94. The average Bonchev–Trinajstić information content (AvgIpc) is 2.60. The number of aromatic carboxylic acids is 1. The molecule has 0 fully saturated rings. The van der Waals surface area contributed by atoms with Crippen molar-refractivity contribution in [3.8, 4) is 0 Å². The summed E-state index contributed by atoms with van der Waals surface area (Å²) in [5.74, 6) is -1.41. The molecule has 82 valence electrons. The highest BCUT2D eigenvalue weighted by atomic mass is 16.4. The molecule has 0 aliphatic heterocycles. The molecule has 0 aromatic carbocycles. The molecule has 1 aromatic rings. The Bertz CT molecular complexity index is 352. The molecular weight excluding hydrogens is 200 g/mol. The van der Waals surface area contributed by atoms with Gasteiger partial charge in [-0.15, -0.1) is 0 Å². The van der Waals surface area contributed by atoms with E-state index >= 15 is 0 Å². The molecule has 1 rings (SSSR count). The molecule has 15 heavy (non-hydrogen) atoms. The zero-order valence-corrected chi connectivity index (χ0v) is 8.10. The molecule has 1 aromatic heterocycles. The molecular formula is C10H12O5. The van der Waals surface area contributed by atoms with Crippen molar-refractivity contribution in [2.75, 3.05) is 0 Å². The number of hydrogen-bond donors (Lipinski definition) is 2.